The van der Waals surface area contributed by atoms with E-state index in [9.17, 15) is 0 Å². The number of thiocarbonyl (C=S) groups is 1. The second kappa shape index (κ2) is 8.60. The van der Waals surface area contributed by atoms with Gasteiger partial charge in [-0.15, -0.1) is 0 Å². The highest BCUT2D eigenvalue weighted by Crippen LogP contribution is 2.41. The van der Waals surface area contributed by atoms with Crippen LogP contribution in [-0.2, 0) is 6.54 Å². The third kappa shape index (κ3) is 3.74. The molecule has 1 aromatic carbocycles. The smallest absolute Gasteiger partial charge is 0.170 e. The van der Waals surface area contributed by atoms with E-state index in [0.29, 0.717) is 6.04 Å². The van der Waals surface area contributed by atoms with Crippen LogP contribution in [0.4, 0.5) is 0 Å². The maximum absolute atomic E-state index is 5.85. The highest BCUT2D eigenvalue weighted by molar-refractivity contribution is 7.80. The van der Waals surface area contributed by atoms with E-state index in [1.807, 2.05) is 12.3 Å². The van der Waals surface area contributed by atoms with Crippen molar-refractivity contribution in [2.75, 3.05) is 0 Å². The molecular formula is C25H28N4S. The van der Waals surface area contributed by atoms with Crippen LogP contribution in [0.2, 0.25) is 0 Å². The van der Waals surface area contributed by atoms with Crippen molar-refractivity contribution in [1.82, 2.24) is 19.8 Å². The maximum Gasteiger partial charge on any atom is 0.170 e. The number of hydrogen-bond donors (Lipinski definition) is 1. The monoisotopic (exact) mass is 416 g/mol. The van der Waals surface area contributed by atoms with Gasteiger partial charge >= 0.3 is 0 Å². The summed E-state index contributed by atoms with van der Waals surface area (Å²) in [5.41, 5.74) is 3.64. The first kappa shape index (κ1) is 19.3. The van der Waals surface area contributed by atoms with Gasteiger partial charge in [-0.2, -0.15) is 0 Å². The number of nitrogens with one attached hydrogen (secondary N) is 1. The van der Waals surface area contributed by atoms with Gasteiger partial charge in [0.1, 0.15) is 0 Å². The van der Waals surface area contributed by atoms with Crippen molar-refractivity contribution in [3.8, 4) is 0 Å². The minimum Gasteiger partial charge on any atom is -0.352 e. The summed E-state index contributed by atoms with van der Waals surface area (Å²) in [5, 5.41) is 4.39. The molecule has 3 heterocycles. The van der Waals surface area contributed by atoms with Crippen molar-refractivity contribution in [2.45, 2.75) is 56.8 Å². The van der Waals surface area contributed by atoms with Gasteiger partial charge in [0.25, 0.3) is 0 Å². The molecule has 1 N–H and O–H groups in total. The molecule has 0 amide bonds. The SMILES string of the molecule is S=C1N[C@H](c2ccccn2)[C@@H](c2cccn2C2CCCCC2)N1Cc1ccccc1. The highest BCUT2D eigenvalue weighted by Gasteiger charge is 2.41. The summed E-state index contributed by atoms with van der Waals surface area (Å²) < 4.78 is 2.52. The van der Waals surface area contributed by atoms with Gasteiger partial charge in [-0.3, -0.25) is 4.98 Å². The molecule has 2 fully saturated rings. The summed E-state index contributed by atoms with van der Waals surface area (Å²) in [6.45, 7) is 0.788. The molecule has 5 heteroatoms. The van der Waals surface area contributed by atoms with Gasteiger partial charge < -0.3 is 14.8 Å². The molecule has 0 spiro atoms. The van der Waals surface area contributed by atoms with Gasteiger partial charge in [0.2, 0.25) is 0 Å². The topological polar surface area (TPSA) is 33.1 Å². The van der Waals surface area contributed by atoms with Crippen molar-refractivity contribution in [3.63, 3.8) is 0 Å². The van der Waals surface area contributed by atoms with Crippen molar-refractivity contribution >= 4 is 17.3 Å². The molecule has 0 radical (unpaired) electrons. The van der Waals surface area contributed by atoms with Crippen LogP contribution in [0.25, 0.3) is 0 Å². The van der Waals surface area contributed by atoms with Crippen LogP contribution in [0, 0.1) is 0 Å². The molecule has 4 nitrogen and oxygen atoms in total. The number of pyridine rings is 1. The van der Waals surface area contributed by atoms with E-state index in [1.54, 1.807) is 0 Å². The number of benzene rings is 1. The lowest BCUT2D eigenvalue weighted by Crippen LogP contribution is -2.30. The van der Waals surface area contributed by atoms with Gasteiger partial charge in [0, 0.05) is 30.7 Å². The van der Waals surface area contributed by atoms with E-state index in [-0.39, 0.29) is 12.1 Å². The largest absolute Gasteiger partial charge is 0.352 e. The number of rotatable bonds is 5. The van der Waals surface area contributed by atoms with Crippen LogP contribution in [0.3, 0.4) is 0 Å². The summed E-state index contributed by atoms with van der Waals surface area (Å²) in [7, 11) is 0. The summed E-state index contributed by atoms with van der Waals surface area (Å²) in [5.74, 6) is 0. The van der Waals surface area contributed by atoms with E-state index in [2.05, 4.69) is 80.6 Å². The van der Waals surface area contributed by atoms with Crippen LogP contribution in [0.5, 0.6) is 0 Å². The van der Waals surface area contributed by atoms with Crippen molar-refractivity contribution < 1.29 is 0 Å². The molecule has 2 aromatic heterocycles. The Morgan fingerprint density at radius 2 is 1.73 bits per heavy atom. The molecule has 1 saturated heterocycles. The number of aromatic nitrogens is 2. The molecule has 1 aliphatic heterocycles. The Kier molecular flexibility index (Phi) is 5.54. The predicted octanol–water partition coefficient (Wildman–Crippen LogP) is 5.56. The predicted molar refractivity (Wildman–Crippen MR) is 124 cm³/mol. The Morgan fingerprint density at radius 3 is 2.50 bits per heavy atom. The van der Waals surface area contributed by atoms with E-state index >= 15 is 0 Å². The third-order valence-corrected chi connectivity index (χ3v) is 6.83. The van der Waals surface area contributed by atoms with Crippen LogP contribution >= 0.6 is 12.2 Å². The lowest BCUT2D eigenvalue weighted by atomic mass is 9.94. The Morgan fingerprint density at radius 1 is 0.933 bits per heavy atom. The van der Waals surface area contributed by atoms with Gasteiger partial charge in [0.05, 0.1) is 17.8 Å². The zero-order chi connectivity index (χ0) is 20.3. The zero-order valence-electron chi connectivity index (χ0n) is 17.2. The average Bonchev–Trinajstić information content (AvgIpc) is 3.40. The second-order valence-electron chi connectivity index (χ2n) is 8.37. The first-order valence-electron chi connectivity index (χ1n) is 11.0. The van der Waals surface area contributed by atoms with Crippen molar-refractivity contribution in [2.24, 2.45) is 0 Å². The molecule has 3 aromatic rings. The molecule has 0 unspecified atom stereocenters. The minimum atomic E-state index is 0.0413. The molecule has 1 saturated carbocycles. The lowest BCUT2D eigenvalue weighted by molar-refractivity contribution is 0.275. The van der Waals surface area contributed by atoms with Gasteiger partial charge in [-0.25, -0.2) is 0 Å². The van der Waals surface area contributed by atoms with Gasteiger partial charge in [-0.05, 0) is 54.9 Å². The van der Waals surface area contributed by atoms with Gasteiger partial charge in [-0.1, -0.05) is 55.7 Å². The van der Waals surface area contributed by atoms with Gasteiger partial charge in [0.15, 0.2) is 5.11 Å². The van der Waals surface area contributed by atoms with E-state index < -0.39 is 0 Å². The normalized spacial score (nSPS) is 22.3. The summed E-state index contributed by atoms with van der Waals surface area (Å²) in [6.07, 6.45) is 10.7. The Labute approximate surface area is 183 Å². The van der Waals surface area contributed by atoms with E-state index in [0.717, 1.165) is 17.4 Å². The van der Waals surface area contributed by atoms with Crippen LogP contribution < -0.4 is 5.32 Å². The fourth-order valence-electron chi connectivity index (χ4n) is 5.03. The van der Waals surface area contributed by atoms with E-state index in [4.69, 9.17) is 12.2 Å². The fourth-order valence-corrected chi connectivity index (χ4v) is 5.33. The highest BCUT2D eigenvalue weighted by atomic mass is 32.1. The molecular weight excluding hydrogens is 388 g/mol. The van der Waals surface area contributed by atoms with Crippen molar-refractivity contribution in [1.29, 1.82) is 0 Å². The Bertz CT molecular complexity index is 979. The first-order chi connectivity index (χ1) is 14.8. The third-order valence-electron chi connectivity index (χ3n) is 6.48. The Hall–Kier alpha value is -2.66. The Balaban J connectivity index is 1.54. The van der Waals surface area contributed by atoms with Crippen LogP contribution in [-0.4, -0.2) is 19.6 Å². The molecule has 30 heavy (non-hydrogen) atoms. The first-order valence-corrected chi connectivity index (χ1v) is 11.4. The standard InChI is InChI=1S/C25H28N4S/c30-25-27-23(21-14-7-8-16-26-21)24(29(25)18-19-10-3-1-4-11-19)22-15-9-17-28(22)20-12-5-2-6-13-20/h1,3-4,7-11,14-17,20,23-24H,2,5-6,12-13,18H2,(H,27,30)/t23-,24-/m1/s1. The van der Waals surface area contributed by atoms with Crippen molar-refractivity contribution in [3.05, 3.63) is 90.0 Å². The quantitative estimate of drug-likeness (QED) is 0.552. The summed E-state index contributed by atoms with van der Waals surface area (Å²) in [6, 6.07) is 22.0. The lowest BCUT2D eigenvalue weighted by Gasteiger charge is -2.32. The minimum absolute atomic E-state index is 0.0413. The van der Waals surface area contributed by atoms with Crippen LogP contribution in [0.15, 0.2) is 73.1 Å². The molecule has 2 aliphatic rings. The summed E-state index contributed by atoms with van der Waals surface area (Å²) in [4.78, 5) is 7.03. The fraction of sp³-hybridized carbons (Fsp3) is 0.360. The second-order valence-corrected chi connectivity index (χ2v) is 8.76. The maximum atomic E-state index is 5.85. The molecule has 2 atom stereocenters. The number of hydrogen-bond acceptors (Lipinski definition) is 2. The molecule has 154 valence electrons. The van der Waals surface area contributed by atoms with E-state index in [1.165, 1.54) is 43.4 Å². The molecule has 5 rings (SSSR count). The zero-order valence-corrected chi connectivity index (χ0v) is 18.0. The van der Waals surface area contributed by atoms with Crippen LogP contribution in [0.1, 0.15) is 67.2 Å². The molecule has 1 aliphatic carbocycles. The number of nitrogens with zero attached hydrogens (tertiary/aromatic N) is 3. The summed E-state index contributed by atoms with van der Waals surface area (Å²) >= 11 is 5.85. The molecule has 0 bridgehead atoms. The average molecular weight is 417 g/mol.